The minimum atomic E-state index is -0.804. The number of carbonyl (C=O) groups is 3. The number of ether oxygens (including phenoxy) is 1. The van der Waals surface area contributed by atoms with Gasteiger partial charge in [0, 0.05) is 17.5 Å². The monoisotopic (exact) mass is 449 g/mol. The van der Waals surface area contributed by atoms with Gasteiger partial charge in [-0.15, -0.1) is 11.3 Å². The summed E-state index contributed by atoms with van der Waals surface area (Å²) in [7, 11) is 0. The molecule has 1 aromatic carbocycles. The fourth-order valence-electron chi connectivity index (χ4n) is 3.19. The summed E-state index contributed by atoms with van der Waals surface area (Å²) in [4.78, 5) is 36.3. The smallest absolute Gasteiger partial charge is 0.411 e. The highest BCUT2D eigenvalue weighted by Gasteiger charge is 2.22. The lowest BCUT2D eigenvalue weighted by molar-refractivity contribution is 0.0932. The van der Waals surface area contributed by atoms with Crippen LogP contribution in [-0.2, 0) is 4.74 Å². The highest BCUT2D eigenvalue weighted by Crippen LogP contribution is 2.36. The lowest BCUT2D eigenvalue weighted by Crippen LogP contribution is -2.45. The molecule has 1 saturated heterocycles. The topological polar surface area (TPSA) is 135 Å². The molecule has 2 heterocycles. The summed E-state index contributed by atoms with van der Waals surface area (Å²) in [6.45, 7) is 3.39. The number of piperidine rings is 1. The SMILES string of the molecule is CCOC(=O)Nc1ccc(-c2cc(C(=O)N[C@H]3CCCNC3)c(NC(N)=O)s2)cc1F. The average molecular weight is 450 g/mol. The van der Waals surface area contributed by atoms with Crippen molar-refractivity contribution in [2.45, 2.75) is 25.8 Å². The van der Waals surface area contributed by atoms with Gasteiger partial charge in [-0.1, -0.05) is 6.07 Å². The number of halogens is 1. The Labute approximate surface area is 182 Å². The second kappa shape index (κ2) is 10.2. The number of urea groups is 1. The predicted octanol–water partition coefficient (Wildman–Crippen LogP) is 3.10. The number of anilines is 2. The van der Waals surface area contributed by atoms with E-state index in [2.05, 4.69) is 21.3 Å². The summed E-state index contributed by atoms with van der Waals surface area (Å²) in [5.41, 5.74) is 5.94. The molecule has 0 bridgehead atoms. The van der Waals surface area contributed by atoms with Gasteiger partial charge in [0.1, 0.15) is 10.8 Å². The molecule has 0 spiro atoms. The molecule has 1 aliphatic rings. The van der Waals surface area contributed by atoms with Crippen molar-refractivity contribution in [3.8, 4) is 10.4 Å². The molecule has 0 aliphatic carbocycles. The van der Waals surface area contributed by atoms with Crippen molar-refractivity contribution in [1.29, 1.82) is 0 Å². The summed E-state index contributed by atoms with van der Waals surface area (Å²) >= 11 is 1.10. The second-order valence-electron chi connectivity index (χ2n) is 6.90. The van der Waals surface area contributed by atoms with E-state index in [0.29, 0.717) is 17.0 Å². The molecule has 0 radical (unpaired) electrons. The molecule has 0 saturated carbocycles. The highest BCUT2D eigenvalue weighted by atomic mass is 32.1. The van der Waals surface area contributed by atoms with Crippen LogP contribution in [0.2, 0.25) is 0 Å². The van der Waals surface area contributed by atoms with E-state index in [1.165, 1.54) is 12.1 Å². The van der Waals surface area contributed by atoms with Crippen LogP contribution >= 0.6 is 11.3 Å². The Bertz CT molecular complexity index is 974. The number of benzene rings is 1. The first-order chi connectivity index (χ1) is 14.9. The van der Waals surface area contributed by atoms with E-state index >= 15 is 0 Å². The highest BCUT2D eigenvalue weighted by molar-refractivity contribution is 7.20. The molecular weight excluding hydrogens is 425 g/mol. The van der Waals surface area contributed by atoms with E-state index in [9.17, 15) is 18.8 Å². The fourth-order valence-corrected chi connectivity index (χ4v) is 4.25. The van der Waals surface area contributed by atoms with Crippen molar-refractivity contribution < 1.29 is 23.5 Å². The number of carbonyl (C=O) groups excluding carboxylic acids is 3. The predicted molar refractivity (Wildman–Crippen MR) is 117 cm³/mol. The Morgan fingerprint density at radius 1 is 1.29 bits per heavy atom. The van der Waals surface area contributed by atoms with Crippen LogP contribution in [0, 0.1) is 5.82 Å². The molecule has 1 aromatic heterocycles. The van der Waals surface area contributed by atoms with Crippen LogP contribution in [0.3, 0.4) is 0 Å². The molecule has 1 aliphatic heterocycles. The number of hydrogen-bond acceptors (Lipinski definition) is 6. The van der Waals surface area contributed by atoms with Crippen LogP contribution in [-0.4, -0.2) is 43.8 Å². The molecular formula is C20H24FN5O4S. The van der Waals surface area contributed by atoms with Gasteiger partial charge in [0.05, 0.1) is 17.9 Å². The Kier molecular flexibility index (Phi) is 7.42. The molecule has 0 unspecified atom stereocenters. The molecule has 31 heavy (non-hydrogen) atoms. The van der Waals surface area contributed by atoms with Gasteiger partial charge in [-0.2, -0.15) is 0 Å². The quantitative estimate of drug-likeness (QED) is 0.462. The number of primary amides is 1. The van der Waals surface area contributed by atoms with Gasteiger partial charge in [-0.25, -0.2) is 14.0 Å². The van der Waals surface area contributed by atoms with Gasteiger partial charge in [-0.05, 0) is 50.1 Å². The third-order valence-electron chi connectivity index (χ3n) is 4.61. The molecule has 166 valence electrons. The van der Waals surface area contributed by atoms with E-state index < -0.39 is 17.9 Å². The molecule has 4 amide bonds. The Hall–Kier alpha value is -3.18. The standard InChI is InChI=1S/C20H24FN5O4S/c1-2-30-20(29)25-15-6-5-11(8-14(15)21)16-9-13(18(31-16)26-19(22)28)17(27)24-12-4-3-7-23-10-12/h5-6,8-9,12,23H,2-4,7,10H2,1H3,(H,24,27)(H,25,29)(H3,22,26,28)/t12-/m0/s1. The molecule has 1 atom stereocenters. The summed E-state index contributed by atoms with van der Waals surface area (Å²) < 4.78 is 19.2. The Balaban J connectivity index is 1.84. The fraction of sp³-hybridized carbons (Fsp3) is 0.350. The molecule has 3 rings (SSSR count). The molecule has 6 N–H and O–H groups in total. The average Bonchev–Trinajstić information content (AvgIpc) is 3.13. The van der Waals surface area contributed by atoms with Crippen LogP contribution < -0.4 is 27.0 Å². The first-order valence-electron chi connectivity index (χ1n) is 9.83. The minimum absolute atomic E-state index is 0.0169. The normalized spacial score (nSPS) is 15.7. The van der Waals surface area contributed by atoms with Crippen molar-refractivity contribution in [2.75, 3.05) is 30.3 Å². The van der Waals surface area contributed by atoms with Crippen LogP contribution in [0.25, 0.3) is 10.4 Å². The minimum Gasteiger partial charge on any atom is -0.450 e. The number of rotatable bonds is 6. The first kappa shape index (κ1) is 22.5. The molecule has 2 aromatic rings. The van der Waals surface area contributed by atoms with Gasteiger partial charge in [0.15, 0.2) is 0 Å². The van der Waals surface area contributed by atoms with E-state index in [-0.39, 0.29) is 34.8 Å². The number of amides is 4. The van der Waals surface area contributed by atoms with E-state index in [0.717, 1.165) is 30.7 Å². The van der Waals surface area contributed by atoms with E-state index in [1.54, 1.807) is 19.1 Å². The first-order valence-corrected chi connectivity index (χ1v) is 10.6. The number of nitrogens with one attached hydrogen (secondary N) is 4. The molecule has 1 fully saturated rings. The van der Waals surface area contributed by atoms with E-state index in [1.807, 2.05) is 0 Å². The van der Waals surface area contributed by atoms with Crippen molar-refractivity contribution >= 4 is 40.1 Å². The van der Waals surface area contributed by atoms with Crippen molar-refractivity contribution in [3.63, 3.8) is 0 Å². The maximum absolute atomic E-state index is 14.5. The van der Waals surface area contributed by atoms with Gasteiger partial charge in [0.2, 0.25) is 0 Å². The van der Waals surface area contributed by atoms with Gasteiger partial charge in [-0.3, -0.25) is 15.4 Å². The zero-order valence-electron chi connectivity index (χ0n) is 16.9. The maximum atomic E-state index is 14.5. The summed E-state index contributed by atoms with van der Waals surface area (Å²) in [5, 5.41) is 11.2. The maximum Gasteiger partial charge on any atom is 0.411 e. The third-order valence-corrected chi connectivity index (χ3v) is 5.71. The molecule has 9 nitrogen and oxygen atoms in total. The van der Waals surface area contributed by atoms with Gasteiger partial charge < -0.3 is 21.1 Å². The summed E-state index contributed by atoms with van der Waals surface area (Å²) in [6.07, 6.45) is 1.06. The van der Waals surface area contributed by atoms with E-state index in [4.69, 9.17) is 10.5 Å². The van der Waals surface area contributed by atoms with Crippen LogP contribution in [0.4, 0.5) is 24.7 Å². The zero-order chi connectivity index (χ0) is 22.4. The summed E-state index contributed by atoms with van der Waals surface area (Å²) in [5.74, 6) is -1.01. The van der Waals surface area contributed by atoms with Gasteiger partial charge in [0.25, 0.3) is 5.91 Å². The Morgan fingerprint density at radius 2 is 2.10 bits per heavy atom. The van der Waals surface area contributed by atoms with Gasteiger partial charge >= 0.3 is 12.1 Å². The Morgan fingerprint density at radius 3 is 2.74 bits per heavy atom. The van der Waals surface area contributed by atoms with Crippen LogP contribution in [0.1, 0.15) is 30.1 Å². The second-order valence-corrected chi connectivity index (χ2v) is 7.95. The largest absolute Gasteiger partial charge is 0.450 e. The van der Waals surface area contributed by atoms with Crippen molar-refractivity contribution in [1.82, 2.24) is 10.6 Å². The number of thiophene rings is 1. The zero-order valence-corrected chi connectivity index (χ0v) is 17.7. The molecule has 11 heteroatoms. The van der Waals surface area contributed by atoms with Crippen LogP contribution in [0.15, 0.2) is 24.3 Å². The van der Waals surface area contributed by atoms with Crippen molar-refractivity contribution in [3.05, 3.63) is 35.6 Å². The number of nitrogens with two attached hydrogens (primary N) is 1. The number of hydrogen-bond donors (Lipinski definition) is 5. The lowest BCUT2D eigenvalue weighted by Gasteiger charge is -2.23. The van der Waals surface area contributed by atoms with Crippen LogP contribution in [0.5, 0.6) is 0 Å². The third kappa shape index (κ3) is 5.92. The van der Waals surface area contributed by atoms with Crippen molar-refractivity contribution in [2.24, 2.45) is 5.73 Å². The lowest BCUT2D eigenvalue weighted by atomic mass is 10.1. The summed E-state index contributed by atoms with van der Waals surface area (Å²) in [6, 6.07) is 4.98.